The van der Waals surface area contributed by atoms with E-state index >= 15 is 0 Å². The molecular formula is C20H18N4OS. The Morgan fingerprint density at radius 1 is 1.19 bits per heavy atom. The molecule has 0 bridgehead atoms. The number of carbonyl (C=O) groups is 1. The number of benzene rings is 2. The molecule has 2 atom stereocenters. The molecule has 0 saturated carbocycles. The lowest BCUT2D eigenvalue weighted by molar-refractivity contribution is -0.118. The number of nitrogens with zero attached hydrogens (tertiary/aromatic N) is 1. The minimum absolute atomic E-state index is 0.200. The highest BCUT2D eigenvalue weighted by atomic mass is 32.1. The van der Waals surface area contributed by atoms with Crippen LogP contribution in [0.1, 0.15) is 17.0 Å². The first-order valence-electron chi connectivity index (χ1n) is 8.15. The number of para-hydroxylation sites is 1. The molecule has 3 rings (SSSR count). The molecule has 1 amide bonds. The van der Waals surface area contributed by atoms with Gasteiger partial charge in [0.1, 0.15) is 11.7 Å². The van der Waals surface area contributed by atoms with Crippen molar-refractivity contribution in [3.63, 3.8) is 0 Å². The van der Waals surface area contributed by atoms with E-state index in [1.165, 1.54) is 0 Å². The maximum Gasteiger partial charge on any atom is 0.235 e. The molecule has 2 aromatic rings. The molecule has 1 aliphatic heterocycles. The molecule has 4 N–H and O–H groups in total. The molecule has 0 radical (unpaired) electrons. The van der Waals surface area contributed by atoms with Gasteiger partial charge in [-0.15, -0.1) is 0 Å². The highest BCUT2D eigenvalue weighted by Crippen LogP contribution is 2.37. The third-order valence-corrected chi connectivity index (χ3v) is 4.80. The summed E-state index contributed by atoms with van der Waals surface area (Å²) in [7, 11) is 0. The van der Waals surface area contributed by atoms with E-state index in [0.29, 0.717) is 16.2 Å². The lowest BCUT2D eigenvalue weighted by Crippen LogP contribution is -2.47. The van der Waals surface area contributed by atoms with E-state index in [2.05, 4.69) is 16.7 Å². The standard InChI is InChI=1S/C20H18N4OS/c1-12-7-5-6-10-15(12)23-19(25)17-16(13-8-3-2-4-9-13)14(11-21)18(22)24-20(17)26/h2-10,16-17H,22H2,1H3,(H,23,25)(H,24,26). The van der Waals surface area contributed by atoms with E-state index in [9.17, 15) is 10.1 Å². The molecule has 130 valence electrons. The number of allylic oxidation sites excluding steroid dienone is 1. The normalized spacial score (nSPS) is 19.5. The van der Waals surface area contributed by atoms with Crippen LogP contribution >= 0.6 is 12.2 Å². The Hall–Kier alpha value is -3.17. The fraction of sp³-hybridized carbons (Fsp3) is 0.150. The largest absolute Gasteiger partial charge is 0.384 e. The molecule has 0 aliphatic carbocycles. The van der Waals surface area contributed by atoms with Gasteiger partial charge in [0.2, 0.25) is 5.91 Å². The van der Waals surface area contributed by atoms with Crippen molar-refractivity contribution in [3.05, 3.63) is 77.1 Å². The number of thiocarbonyl (C=S) groups is 1. The van der Waals surface area contributed by atoms with Crippen molar-refractivity contribution in [3.8, 4) is 6.07 Å². The molecule has 26 heavy (non-hydrogen) atoms. The van der Waals surface area contributed by atoms with Gasteiger partial charge in [-0.1, -0.05) is 60.7 Å². The molecular weight excluding hydrogens is 344 g/mol. The molecule has 1 heterocycles. The first-order valence-corrected chi connectivity index (χ1v) is 8.55. The van der Waals surface area contributed by atoms with Crippen LogP contribution in [0.4, 0.5) is 5.69 Å². The third-order valence-electron chi connectivity index (χ3n) is 4.44. The average Bonchev–Trinajstić information content (AvgIpc) is 2.63. The zero-order chi connectivity index (χ0) is 18.7. The Morgan fingerprint density at radius 2 is 1.85 bits per heavy atom. The van der Waals surface area contributed by atoms with Crippen LogP contribution in [0.3, 0.4) is 0 Å². The second kappa shape index (κ2) is 7.38. The quantitative estimate of drug-likeness (QED) is 0.730. The number of hydrogen-bond acceptors (Lipinski definition) is 4. The van der Waals surface area contributed by atoms with Gasteiger partial charge in [-0.05, 0) is 24.1 Å². The van der Waals surface area contributed by atoms with Crippen molar-refractivity contribution < 1.29 is 4.79 Å². The summed E-state index contributed by atoms with van der Waals surface area (Å²) < 4.78 is 0. The van der Waals surface area contributed by atoms with Crippen LogP contribution in [-0.4, -0.2) is 10.9 Å². The summed E-state index contributed by atoms with van der Waals surface area (Å²) in [6, 6.07) is 19.0. The molecule has 0 spiro atoms. The zero-order valence-electron chi connectivity index (χ0n) is 14.2. The molecule has 1 aliphatic rings. The Morgan fingerprint density at radius 3 is 2.50 bits per heavy atom. The number of nitrogens with two attached hydrogens (primary N) is 1. The number of rotatable bonds is 3. The highest BCUT2D eigenvalue weighted by molar-refractivity contribution is 7.80. The monoisotopic (exact) mass is 362 g/mol. The smallest absolute Gasteiger partial charge is 0.235 e. The molecule has 6 heteroatoms. The summed E-state index contributed by atoms with van der Waals surface area (Å²) in [5.74, 6) is -1.33. The van der Waals surface area contributed by atoms with Gasteiger partial charge in [-0.25, -0.2) is 0 Å². The van der Waals surface area contributed by atoms with Crippen molar-refractivity contribution in [2.45, 2.75) is 12.8 Å². The molecule has 0 fully saturated rings. The van der Waals surface area contributed by atoms with Crippen molar-refractivity contribution in [2.75, 3.05) is 5.32 Å². The minimum Gasteiger partial charge on any atom is -0.384 e. The van der Waals surface area contributed by atoms with Crippen LogP contribution in [0.2, 0.25) is 0 Å². The van der Waals surface area contributed by atoms with Crippen LogP contribution in [-0.2, 0) is 4.79 Å². The topological polar surface area (TPSA) is 90.9 Å². The first-order chi connectivity index (χ1) is 12.5. The Bertz CT molecular complexity index is 930. The molecule has 0 aromatic heterocycles. The zero-order valence-corrected chi connectivity index (χ0v) is 15.0. The predicted molar refractivity (Wildman–Crippen MR) is 105 cm³/mol. The van der Waals surface area contributed by atoms with E-state index in [-0.39, 0.29) is 11.7 Å². The average molecular weight is 362 g/mol. The summed E-state index contributed by atoms with van der Waals surface area (Å²) in [5.41, 5.74) is 8.77. The molecule has 0 saturated heterocycles. The summed E-state index contributed by atoms with van der Waals surface area (Å²) in [6.07, 6.45) is 0. The lowest BCUT2D eigenvalue weighted by atomic mass is 9.78. The van der Waals surface area contributed by atoms with Crippen LogP contribution in [0.15, 0.2) is 66.0 Å². The van der Waals surface area contributed by atoms with E-state index < -0.39 is 11.8 Å². The fourth-order valence-electron chi connectivity index (χ4n) is 3.11. The molecule has 2 aromatic carbocycles. The number of amides is 1. The van der Waals surface area contributed by atoms with Gasteiger partial charge >= 0.3 is 0 Å². The fourth-order valence-corrected chi connectivity index (χ4v) is 3.46. The molecule has 2 unspecified atom stereocenters. The van der Waals surface area contributed by atoms with Gasteiger partial charge in [0.05, 0.1) is 16.6 Å². The van der Waals surface area contributed by atoms with Crippen LogP contribution < -0.4 is 16.4 Å². The maximum atomic E-state index is 13.1. The second-order valence-electron chi connectivity index (χ2n) is 6.10. The third kappa shape index (κ3) is 3.30. The van der Waals surface area contributed by atoms with Gasteiger partial charge in [0.15, 0.2) is 0 Å². The van der Waals surface area contributed by atoms with Gasteiger partial charge in [-0.3, -0.25) is 4.79 Å². The summed E-state index contributed by atoms with van der Waals surface area (Å²) in [5, 5.41) is 15.4. The minimum atomic E-state index is -0.728. The number of carbonyl (C=O) groups excluding carboxylic acids is 1. The van der Waals surface area contributed by atoms with Crippen LogP contribution in [0.25, 0.3) is 0 Å². The lowest BCUT2D eigenvalue weighted by Gasteiger charge is -2.32. The maximum absolute atomic E-state index is 13.1. The number of anilines is 1. The van der Waals surface area contributed by atoms with Gasteiger partial charge in [0.25, 0.3) is 0 Å². The van der Waals surface area contributed by atoms with Gasteiger partial charge in [-0.2, -0.15) is 5.26 Å². The van der Waals surface area contributed by atoms with Crippen molar-refractivity contribution >= 4 is 28.8 Å². The predicted octanol–water partition coefficient (Wildman–Crippen LogP) is 2.96. The Labute approximate surface area is 157 Å². The number of nitriles is 1. The first kappa shape index (κ1) is 17.6. The van der Waals surface area contributed by atoms with Crippen molar-refractivity contribution in [2.24, 2.45) is 11.7 Å². The van der Waals surface area contributed by atoms with E-state index in [0.717, 1.165) is 11.1 Å². The van der Waals surface area contributed by atoms with E-state index in [1.54, 1.807) is 0 Å². The SMILES string of the molecule is Cc1ccccc1NC(=O)C1C(=S)NC(N)=C(C#N)C1c1ccccc1. The Kier molecular flexibility index (Phi) is 5.01. The molecule has 5 nitrogen and oxygen atoms in total. The number of nitrogens with one attached hydrogen (secondary N) is 2. The Balaban J connectivity index is 2.03. The second-order valence-corrected chi connectivity index (χ2v) is 6.54. The van der Waals surface area contributed by atoms with Gasteiger partial charge < -0.3 is 16.4 Å². The number of hydrogen-bond donors (Lipinski definition) is 3. The van der Waals surface area contributed by atoms with Crippen LogP contribution in [0, 0.1) is 24.2 Å². The highest BCUT2D eigenvalue weighted by Gasteiger charge is 2.40. The van der Waals surface area contributed by atoms with E-state index in [1.807, 2.05) is 61.5 Å². The van der Waals surface area contributed by atoms with Gasteiger partial charge in [0, 0.05) is 11.6 Å². The summed E-state index contributed by atoms with van der Waals surface area (Å²) in [6.45, 7) is 1.92. The number of aryl methyl sites for hydroxylation is 1. The van der Waals surface area contributed by atoms with Crippen LogP contribution in [0.5, 0.6) is 0 Å². The summed E-state index contributed by atoms with van der Waals surface area (Å²) >= 11 is 5.41. The van der Waals surface area contributed by atoms with Crippen molar-refractivity contribution in [1.82, 2.24) is 5.32 Å². The van der Waals surface area contributed by atoms with Crippen molar-refractivity contribution in [1.29, 1.82) is 5.26 Å². The van der Waals surface area contributed by atoms with E-state index in [4.69, 9.17) is 18.0 Å². The summed E-state index contributed by atoms with van der Waals surface area (Å²) in [4.78, 5) is 13.4.